The van der Waals surface area contributed by atoms with Crippen LogP contribution in [0.2, 0.25) is 0 Å². The minimum absolute atomic E-state index is 0.251. The van der Waals surface area contributed by atoms with Gasteiger partial charge in [0.15, 0.2) is 5.89 Å². The Balaban J connectivity index is 1.88. The number of hydrogen-bond acceptors (Lipinski definition) is 4. The van der Waals surface area contributed by atoms with Crippen LogP contribution in [-0.2, 0) is 17.8 Å². The number of rotatable bonds is 5. The van der Waals surface area contributed by atoms with Crippen molar-refractivity contribution in [3.8, 4) is 0 Å². The maximum atomic E-state index is 12.1. The average molecular weight is 309 g/mol. The number of nitrogens with zero attached hydrogens (tertiary/aromatic N) is 2. The zero-order chi connectivity index (χ0) is 16.1. The Hall–Kier alpha value is -2.05. The highest BCUT2D eigenvalue weighted by Crippen LogP contribution is 2.17. The average Bonchev–Trinajstić information content (AvgIpc) is 2.85. The second kappa shape index (κ2) is 7.29. The van der Waals surface area contributed by atoms with E-state index in [1.165, 1.54) is 0 Å². The number of carboxylic acids is 1. The lowest BCUT2D eigenvalue weighted by atomic mass is 9.99. The number of oxazole rings is 1. The van der Waals surface area contributed by atoms with Crippen molar-refractivity contribution < 1.29 is 19.1 Å². The molecule has 0 bridgehead atoms. The lowest BCUT2D eigenvalue weighted by molar-refractivity contribution is -0.143. The second-order valence-corrected chi connectivity index (χ2v) is 5.65. The highest BCUT2D eigenvalue weighted by molar-refractivity contribution is 5.76. The van der Waals surface area contributed by atoms with Gasteiger partial charge < -0.3 is 19.7 Å². The summed E-state index contributed by atoms with van der Waals surface area (Å²) >= 11 is 0. The van der Waals surface area contributed by atoms with Gasteiger partial charge in [-0.25, -0.2) is 9.78 Å². The summed E-state index contributed by atoms with van der Waals surface area (Å²) in [6, 6.07) is -0.251. The monoisotopic (exact) mass is 309 g/mol. The predicted molar refractivity (Wildman–Crippen MR) is 79.4 cm³/mol. The van der Waals surface area contributed by atoms with E-state index in [0.717, 1.165) is 18.5 Å². The number of piperidine rings is 1. The molecule has 1 saturated heterocycles. The van der Waals surface area contributed by atoms with E-state index < -0.39 is 11.9 Å². The van der Waals surface area contributed by atoms with E-state index in [0.29, 0.717) is 31.0 Å². The highest BCUT2D eigenvalue weighted by Gasteiger charge is 2.28. The molecule has 0 aromatic carbocycles. The van der Waals surface area contributed by atoms with Gasteiger partial charge in [0.05, 0.1) is 18.2 Å². The molecule has 1 atom stereocenters. The predicted octanol–water partition coefficient (Wildman–Crippen LogP) is 1.94. The van der Waals surface area contributed by atoms with Crippen LogP contribution in [0.15, 0.2) is 4.42 Å². The van der Waals surface area contributed by atoms with Crippen LogP contribution in [0.5, 0.6) is 0 Å². The van der Waals surface area contributed by atoms with Crippen LogP contribution in [0.4, 0.5) is 4.79 Å². The third-order valence-corrected chi connectivity index (χ3v) is 3.86. The van der Waals surface area contributed by atoms with Crippen LogP contribution >= 0.6 is 0 Å². The molecule has 0 saturated carbocycles. The number of aromatic nitrogens is 1. The van der Waals surface area contributed by atoms with Gasteiger partial charge in [-0.3, -0.25) is 4.79 Å². The molecule has 7 nitrogen and oxygen atoms in total. The zero-order valence-electron chi connectivity index (χ0n) is 13.1. The van der Waals surface area contributed by atoms with Crippen molar-refractivity contribution in [1.82, 2.24) is 15.2 Å². The van der Waals surface area contributed by atoms with Crippen LogP contribution in [0.1, 0.15) is 43.5 Å². The molecule has 2 amide bonds. The van der Waals surface area contributed by atoms with E-state index in [-0.39, 0.29) is 19.1 Å². The normalized spacial score (nSPS) is 18.3. The van der Waals surface area contributed by atoms with E-state index in [9.17, 15) is 9.59 Å². The molecule has 2 heterocycles. The number of carboxylic acid groups (broad SMARTS) is 1. The summed E-state index contributed by atoms with van der Waals surface area (Å²) in [5, 5.41) is 11.8. The van der Waals surface area contributed by atoms with Gasteiger partial charge in [0.25, 0.3) is 0 Å². The molecule has 1 fully saturated rings. The minimum Gasteiger partial charge on any atom is -0.481 e. The van der Waals surface area contributed by atoms with E-state index in [1.807, 2.05) is 6.92 Å². The Labute approximate surface area is 129 Å². The minimum atomic E-state index is -0.840. The van der Waals surface area contributed by atoms with Crippen molar-refractivity contribution in [1.29, 1.82) is 0 Å². The quantitative estimate of drug-likeness (QED) is 0.866. The molecular weight excluding hydrogens is 286 g/mol. The highest BCUT2D eigenvalue weighted by atomic mass is 16.4. The lowest BCUT2D eigenvalue weighted by Crippen LogP contribution is -2.46. The molecular formula is C15H23N3O4. The first-order valence-corrected chi connectivity index (χ1v) is 7.72. The van der Waals surface area contributed by atoms with E-state index >= 15 is 0 Å². The number of aliphatic carboxylic acids is 1. The molecule has 1 aliphatic rings. The first kappa shape index (κ1) is 16.3. The standard InChI is InChI=1S/C15H23N3O4/c1-3-5-13-17-10(2)12(22-13)8-16-15(21)18-7-4-6-11(9-18)14(19)20/h11H,3-9H2,1-2H3,(H,16,21)(H,19,20). The summed E-state index contributed by atoms with van der Waals surface area (Å²) in [6.07, 6.45) is 3.07. The topological polar surface area (TPSA) is 95.7 Å². The summed E-state index contributed by atoms with van der Waals surface area (Å²) in [5.74, 6) is 0.0345. The van der Waals surface area contributed by atoms with Crippen molar-refractivity contribution >= 4 is 12.0 Å². The summed E-state index contributed by atoms with van der Waals surface area (Å²) in [6.45, 7) is 5.03. The maximum Gasteiger partial charge on any atom is 0.317 e. The van der Waals surface area contributed by atoms with Gasteiger partial charge in [0.2, 0.25) is 0 Å². The molecule has 1 unspecified atom stereocenters. The maximum absolute atomic E-state index is 12.1. The molecule has 2 rings (SSSR count). The molecule has 0 radical (unpaired) electrons. The third-order valence-electron chi connectivity index (χ3n) is 3.86. The number of carbonyl (C=O) groups excluding carboxylic acids is 1. The fourth-order valence-electron chi connectivity index (χ4n) is 2.60. The Morgan fingerprint density at radius 1 is 1.50 bits per heavy atom. The summed E-state index contributed by atoms with van der Waals surface area (Å²) < 4.78 is 5.61. The molecule has 0 spiro atoms. The molecule has 22 heavy (non-hydrogen) atoms. The number of aryl methyl sites for hydroxylation is 2. The number of amides is 2. The third kappa shape index (κ3) is 3.99. The van der Waals surface area contributed by atoms with Gasteiger partial charge in [-0.15, -0.1) is 0 Å². The summed E-state index contributed by atoms with van der Waals surface area (Å²) in [5.41, 5.74) is 0.783. The van der Waals surface area contributed by atoms with Crippen LogP contribution in [-0.4, -0.2) is 40.1 Å². The SMILES string of the molecule is CCCc1nc(C)c(CNC(=O)N2CCCC(C(=O)O)C2)o1. The summed E-state index contributed by atoms with van der Waals surface area (Å²) in [4.78, 5) is 29.0. The molecule has 1 aromatic heterocycles. The van der Waals surface area contributed by atoms with Crippen LogP contribution in [0.3, 0.4) is 0 Å². The fraction of sp³-hybridized carbons (Fsp3) is 0.667. The number of urea groups is 1. The van der Waals surface area contributed by atoms with E-state index in [2.05, 4.69) is 17.2 Å². The van der Waals surface area contributed by atoms with Gasteiger partial charge in [-0.05, 0) is 26.2 Å². The molecule has 2 N–H and O–H groups in total. The summed E-state index contributed by atoms with van der Waals surface area (Å²) in [7, 11) is 0. The first-order chi connectivity index (χ1) is 10.5. The Morgan fingerprint density at radius 2 is 2.27 bits per heavy atom. The number of likely N-dealkylation sites (tertiary alicyclic amines) is 1. The van der Waals surface area contributed by atoms with Crippen molar-refractivity contribution in [2.24, 2.45) is 5.92 Å². The molecule has 0 aliphatic carbocycles. The van der Waals surface area contributed by atoms with Crippen molar-refractivity contribution in [2.75, 3.05) is 13.1 Å². The second-order valence-electron chi connectivity index (χ2n) is 5.65. The molecule has 1 aliphatic heterocycles. The van der Waals surface area contributed by atoms with Gasteiger partial charge in [-0.2, -0.15) is 0 Å². The van der Waals surface area contributed by atoms with E-state index in [1.54, 1.807) is 4.90 Å². The Kier molecular flexibility index (Phi) is 5.41. The van der Waals surface area contributed by atoms with Crippen LogP contribution in [0, 0.1) is 12.8 Å². The van der Waals surface area contributed by atoms with Gasteiger partial charge >= 0.3 is 12.0 Å². The number of nitrogens with one attached hydrogen (secondary N) is 1. The van der Waals surface area contributed by atoms with Crippen LogP contribution in [0.25, 0.3) is 0 Å². The smallest absolute Gasteiger partial charge is 0.317 e. The number of hydrogen-bond donors (Lipinski definition) is 2. The van der Waals surface area contributed by atoms with Crippen LogP contribution < -0.4 is 5.32 Å². The van der Waals surface area contributed by atoms with E-state index in [4.69, 9.17) is 9.52 Å². The fourth-order valence-corrected chi connectivity index (χ4v) is 2.60. The number of carbonyl (C=O) groups is 2. The Morgan fingerprint density at radius 3 is 2.95 bits per heavy atom. The van der Waals surface area contributed by atoms with Gasteiger partial charge in [0.1, 0.15) is 5.76 Å². The van der Waals surface area contributed by atoms with Crippen molar-refractivity contribution in [3.63, 3.8) is 0 Å². The molecule has 1 aromatic rings. The first-order valence-electron chi connectivity index (χ1n) is 7.72. The molecule has 122 valence electrons. The van der Waals surface area contributed by atoms with Gasteiger partial charge in [0, 0.05) is 19.5 Å². The lowest BCUT2D eigenvalue weighted by Gasteiger charge is -2.30. The zero-order valence-corrected chi connectivity index (χ0v) is 13.1. The molecule has 7 heteroatoms. The van der Waals surface area contributed by atoms with Crippen molar-refractivity contribution in [2.45, 2.75) is 46.1 Å². The Bertz CT molecular complexity index is 541. The van der Waals surface area contributed by atoms with Crippen molar-refractivity contribution in [3.05, 3.63) is 17.3 Å². The largest absolute Gasteiger partial charge is 0.481 e. The van der Waals surface area contributed by atoms with Gasteiger partial charge in [-0.1, -0.05) is 6.92 Å².